The van der Waals surface area contributed by atoms with E-state index in [2.05, 4.69) is 20.1 Å². The number of allylic oxidation sites excluding steroid dienone is 2. The van der Waals surface area contributed by atoms with Crippen LogP contribution in [0, 0.1) is 0 Å². The van der Waals surface area contributed by atoms with E-state index < -0.39 is 0 Å². The third-order valence-corrected chi connectivity index (χ3v) is 3.93. The number of phenols is 2. The van der Waals surface area contributed by atoms with E-state index in [9.17, 15) is 10.2 Å². The van der Waals surface area contributed by atoms with Gasteiger partial charge in [0.15, 0.2) is 0 Å². The van der Waals surface area contributed by atoms with Gasteiger partial charge in [-0.05, 0) is 53.3 Å². The van der Waals surface area contributed by atoms with Gasteiger partial charge >= 0.3 is 0 Å². The topological polar surface area (TPSA) is 40.5 Å². The molecule has 0 aromatic heterocycles. The maximum absolute atomic E-state index is 9.90. The van der Waals surface area contributed by atoms with Gasteiger partial charge in [-0.1, -0.05) is 37.3 Å². The molecular weight excluding hydrogens is 272 g/mol. The van der Waals surface area contributed by atoms with Gasteiger partial charge in [-0.3, -0.25) is 0 Å². The van der Waals surface area contributed by atoms with Crippen LogP contribution in [0.1, 0.15) is 35.1 Å². The first-order valence-corrected chi connectivity index (χ1v) is 7.42. The molecule has 2 aromatic rings. The van der Waals surface area contributed by atoms with Crippen molar-refractivity contribution in [1.29, 1.82) is 0 Å². The molecule has 0 bridgehead atoms. The van der Waals surface area contributed by atoms with Crippen LogP contribution in [0.25, 0.3) is 0 Å². The molecule has 2 heteroatoms. The monoisotopic (exact) mass is 294 g/mol. The zero-order valence-corrected chi connectivity index (χ0v) is 12.9. The van der Waals surface area contributed by atoms with E-state index in [0.717, 1.165) is 22.3 Å². The van der Waals surface area contributed by atoms with Crippen molar-refractivity contribution in [3.63, 3.8) is 0 Å². The van der Waals surface area contributed by atoms with Crippen LogP contribution in [0.5, 0.6) is 11.5 Å². The summed E-state index contributed by atoms with van der Waals surface area (Å²) < 4.78 is 0. The SMILES string of the molecule is C=CCc1cc(C(C)c2ccc(O)cc2CC=C)ccc1O. The van der Waals surface area contributed by atoms with Gasteiger partial charge in [0.25, 0.3) is 0 Å². The Morgan fingerprint density at radius 2 is 1.64 bits per heavy atom. The summed E-state index contributed by atoms with van der Waals surface area (Å²) >= 11 is 0. The standard InChI is InChI=1S/C20H22O2/c1-4-6-16-13-18(21)9-10-19(16)14(3)15-8-11-20(22)17(12-15)7-5-2/h4-5,8-14,21-22H,1-2,6-7H2,3H3. The van der Waals surface area contributed by atoms with Gasteiger partial charge in [-0.15, -0.1) is 13.2 Å². The fraction of sp³-hybridized carbons (Fsp3) is 0.200. The maximum atomic E-state index is 9.90. The van der Waals surface area contributed by atoms with Crippen molar-refractivity contribution >= 4 is 0 Å². The second-order valence-electron chi connectivity index (χ2n) is 5.48. The van der Waals surface area contributed by atoms with Gasteiger partial charge in [0, 0.05) is 5.92 Å². The predicted octanol–water partition coefficient (Wildman–Crippen LogP) is 4.71. The third kappa shape index (κ3) is 3.40. The zero-order valence-electron chi connectivity index (χ0n) is 12.9. The number of hydrogen-bond acceptors (Lipinski definition) is 2. The molecule has 2 N–H and O–H groups in total. The van der Waals surface area contributed by atoms with E-state index in [1.165, 1.54) is 0 Å². The largest absolute Gasteiger partial charge is 0.508 e. The molecule has 0 heterocycles. The second kappa shape index (κ2) is 6.99. The van der Waals surface area contributed by atoms with Crippen LogP contribution in [0.4, 0.5) is 0 Å². The highest BCUT2D eigenvalue weighted by Crippen LogP contribution is 2.32. The minimum Gasteiger partial charge on any atom is -0.508 e. The average Bonchev–Trinajstić information content (AvgIpc) is 2.50. The normalized spacial score (nSPS) is 11.9. The second-order valence-corrected chi connectivity index (χ2v) is 5.48. The smallest absolute Gasteiger partial charge is 0.119 e. The van der Waals surface area contributed by atoms with Crippen LogP contribution < -0.4 is 0 Å². The van der Waals surface area contributed by atoms with Gasteiger partial charge in [0.1, 0.15) is 11.5 Å². The Labute approximate surface area is 132 Å². The van der Waals surface area contributed by atoms with E-state index in [1.807, 2.05) is 24.3 Å². The molecule has 0 saturated heterocycles. The molecule has 0 fully saturated rings. The number of aromatic hydroxyl groups is 2. The van der Waals surface area contributed by atoms with Crippen LogP contribution in [-0.4, -0.2) is 10.2 Å². The minimum atomic E-state index is 0.166. The van der Waals surface area contributed by atoms with Gasteiger partial charge in [-0.25, -0.2) is 0 Å². The van der Waals surface area contributed by atoms with Crippen molar-refractivity contribution in [2.45, 2.75) is 25.7 Å². The number of hydrogen-bond donors (Lipinski definition) is 2. The van der Waals surface area contributed by atoms with Crippen molar-refractivity contribution in [3.05, 3.63) is 84.0 Å². The molecule has 0 amide bonds. The summed E-state index contributed by atoms with van der Waals surface area (Å²) in [5.41, 5.74) is 4.24. The molecule has 0 radical (unpaired) electrons. The summed E-state index contributed by atoms with van der Waals surface area (Å²) in [6.45, 7) is 9.64. The Kier molecular flexibility index (Phi) is 5.05. The molecule has 2 aromatic carbocycles. The molecule has 0 saturated carbocycles. The summed E-state index contributed by atoms with van der Waals surface area (Å²) in [5.74, 6) is 0.735. The van der Waals surface area contributed by atoms with E-state index in [0.29, 0.717) is 18.6 Å². The van der Waals surface area contributed by atoms with Crippen molar-refractivity contribution < 1.29 is 10.2 Å². The molecule has 114 valence electrons. The quantitative estimate of drug-likeness (QED) is 0.758. The first kappa shape index (κ1) is 15.9. The molecule has 0 spiro atoms. The van der Waals surface area contributed by atoms with Gasteiger partial charge in [0.05, 0.1) is 0 Å². The van der Waals surface area contributed by atoms with Crippen molar-refractivity contribution in [3.8, 4) is 11.5 Å². The Morgan fingerprint density at radius 1 is 0.955 bits per heavy atom. The van der Waals surface area contributed by atoms with Gasteiger partial charge < -0.3 is 10.2 Å². The molecule has 0 aliphatic rings. The maximum Gasteiger partial charge on any atom is 0.119 e. The van der Waals surface area contributed by atoms with Crippen LogP contribution in [0.2, 0.25) is 0 Å². The van der Waals surface area contributed by atoms with Crippen molar-refractivity contribution in [1.82, 2.24) is 0 Å². The van der Waals surface area contributed by atoms with Crippen LogP contribution in [-0.2, 0) is 12.8 Å². The molecular formula is C20H22O2. The molecule has 2 rings (SSSR count). The zero-order chi connectivity index (χ0) is 16.1. The fourth-order valence-corrected chi connectivity index (χ4v) is 2.72. The third-order valence-electron chi connectivity index (χ3n) is 3.93. The molecule has 2 nitrogen and oxygen atoms in total. The summed E-state index contributed by atoms with van der Waals surface area (Å²) in [6.07, 6.45) is 4.98. The summed E-state index contributed by atoms with van der Waals surface area (Å²) in [5, 5.41) is 19.6. The lowest BCUT2D eigenvalue weighted by Gasteiger charge is -2.18. The number of rotatable bonds is 6. The molecule has 1 unspecified atom stereocenters. The number of phenolic OH excluding ortho intramolecular Hbond substituents is 2. The van der Waals surface area contributed by atoms with Crippen LogP contribution in [0.3, 0.4) is 0 Å². The fourth-order valence-electron chi connectivity index (χ4n) is 2.72. The Hall–Kier alpha value is -2.48. The minimum absolute atomic E-state index is 0.166. The lowest BCUT2D eigenvalue weighted by molar-refractivity contribution is 0.469. The van der Waals surface area contributed by atoms with E-state index in [4.69, 9.17) is 0 Å². The van der Waals surface area contributed by atoms with E-state index in [1.54, 1.807) is 24.3 Å². The lowest BCUT2D eigenvalue weighted by Crippen LogP contribution is -2.01. The van der Waals surface area contributed by atoms with Gasteiger partial charge in [0.2, 0.25) is 0 Å². The summed E-state index contributed by atoms with van der Waals surface area (Å²) in [4.78, 5) is 0. The molecule has 1 atom stereocenters. The highest BCUT2D eigenvalue weighted by Gasteiger charge is 2.14. The first-order chi connectivity index (χ1) is 10.6. The molecule has 22 heavy (non-hydrogen) atoms. The first-order valence-electron chi connectivity index (χ1n) is 7.42. The van der Waals surface area contributed by atoms with Crippen LogP contribution >= 0.6 is 0 Å². The highest BCUT2D eigenvalue weighted by molar-refractivity contribution is 5.45. The van der Waals surface area contributed by atoms with Crippen molar-refractivity contribution in [2.75, 3.05) is 0 Å². The summed E-state index contributed by atoms with van der Waals surface area (Å²) in [7, 11) is 0. The molecule has 0 aliphatic carbocycles. The Balaban J connectivity index is 2.43. The van der Waals surface area contributed by atoms with Crippen LogP contribution in [0.15, 0.2) is 61.7 Å². The Morgan fingerprint density at radius 3 is 2.32 bits per heavy atom. The van der Waals surface area contributed by atoms with Crippen molar-refractivity contribution in [2.24, 2.45) is 0 Å². The highest BCUT2D eigenvalue weighted by atomic mass is 16.3. The Bertz CT molecular complexity index is 686. The predicted molar refractivity (Wildman–Crippen MR) is 91.5 cm³/mol. The van der Waals surface area contributed by atoms with E-state index in [-0.39, 0.29) is 11.7 Å². The average molecular weight is 294 g/mol. The van der Waals surface area contributed by atoms with Gasteiger partial charge in [-0.2, -0.15) is 0 Å². The van der Waals surface area contributed by atoms with E-state index >= 15 is 0 Å². The lowest BCUT2D eigenvalue weighted by atomic mass is 9.87. The molecule has 0 aliphatic heterocycles. The number of benzene rings is 2. The summed E-state index contributed by atoms with van der Waals surface area (Å²) in [6, 6.07) is 11.2.